The molecule has 0 aromatic rings. The molecule has 1 unspecified atom stereocenters. The maximum absolute atomic E-state index is 11.3. The van der Waals surface area contributed by atoms with Crippen molar-refractivity contribution in [3.8, 4) is 6.07 Å². The molecule has 5 heteroatoms. The van der Waals surface area contributed by atoms with Crippen LogP contribution in [0.2, 0.25) is 0 Å². The van der Waals surface area contributed by atoms with E-state index in [0.717, 1.165) is 6.42 Å². The van der Waals surface area contributed by atoms with E-state index in [2.05, 4.69) is 10.6 Å². The van der Waals surface area contributed by atoms with E-state index in [9.17, 15) is 4.79 Å². The van der Waals surface area contributed by atoms with Crippen molar-refractivity contribution < 1.29 is 4.79 Å². The van der Waals surface area contributed by atoms with Crippen LogP contribution in [0, 0.1) is 11.3 Å². The van der Waals surface area contributed by atoms with Crippen LogP contribution < -0.4 is 10.6 Å². The van der Waals surface area contributed by atoms with Gasteiger partial charge in [-0.25, -0.2) is 0 Å². The molecule has 0 saturated carbocycles. The Hall–Kier alpha value is -1.21. The molecule has 1 atom stereocenters. The largest absolute Gasteiger partial charge is 0.387 e. The van der Waals surface area contributed by atoms with Gasteiger partial charge in [0.15, 0.2) is 0 Å². The summed E-state index contributed by atoms with van der Waals surface area (Å²) in [5, 5.41) is 14.2. The van der Waals surface area contributed by atoms with E-state index in [4.69, 9.17) is 16.9 Å². The summed E-state index contributed by atoms with van der Waals surface area (Å²) in [5.74, 6) is -0.0579. The second-order valence-corrected chi connectivity index (χ2v) is 3.47. The van der Waals surface area contributed by atoms with E-state index >= 15 is 0 Å². The average molecular weight is 230 g/mol. The van der Waals surface area contributed by atoms with Crippen LogP contribution in [-0.4, -0.2) is 24.4 Å². The maximum Gasteiger partial charge on any atom is 0.263 e. The molecule has 0 fully saturated rings. The van der Waals surface area contributed by atoms with Gasteiger partial charge in [-0.05, 0) is 13.3 Å². The van der Waals surface area contributed by atoms with Gasteiger partial charge in [0.1, 0.15) is 11.6 Å². The first-order chi connectivity index (χ1) is 7.15. The molecule has 0 radical (unpaired) electrons. The van der Waals surface area contributed by atoms with Gasteiger partial charge in [-0.3, -0.25) is 4.79 Å². The summed E-state index contributed by atoms with van der Waals surface area (Å²) in [6.07, 6.45) is 2.37. The van der Waals surface area contributed by atoms with Gasteiger partial charge < -0.3 is 10.6 Å². The SMILES string of the molecule is CCC(C)N/C=C(/C#N)C(=O)NCCCl. The summed E-state index contributed by atoms with van der Waals surface area (Å²) in [6.45, 7) is 4.36. The number of halogens is 1. The van der Waals surface area contributed by atoms with Crippen LogP contribution in [0.1, 0.15) is 20.3 Å². The van der Waals surface area contributed by atoms with Gasteiger partial charge >= 0.3 is 0 Å². The van der Waals surface area contributed by atoms with E-state index in [0.29, 0.717) is 12.4 Å². The Balaban J connectivity index is 4.23. The summed E-state index contributed by atoms with van der Waals surface area (Å²) < 4.78 is 0. The van der Waals surface area contributed by atoms with Crippen LogP contribution in [0.4, 0.5) is 0 Å². The van der Waals surface area contributed by atoms with Gasteiger partial charge in [-0.2, -0.15) is 5.26 Å². The minimum absolute atomic E-state index is 0.0698. The quantitative estimate of drug-likeness (QED) is 0.408. The molecule has 0 aliphatic rings. The van der Waals surface area contributed by atoms with Crippen molar-refractivity contribution >= 4 is 17.5 Å². The van der Waals surface area contributed by atoms with Crippen LogP contribution in [0.3, 0.4) is 0 Å². The Morgan fingerprint density at radius 3 is 2.80 bits per heavy atom. The van der Waals surface area contributed by atoms with E-state index in [-0.39, 0.29) is 11.6 Å². The number of hydrogen-bond donors (Lipinski definition) is 2. The highest BCUT2D eigenvalue weighted by atomic mass is 35.5. The van der Waals surface area contributed by atoms with Crippen molar-refractivity contribution in [1.29, 1.82) is 5.26 Å². The summed E-state index contributed by atoms with van der Waals surface area (Å²) in [4.78, 5) is 11.3. The molecule has 0 aromatic heterocycles. The van der Waals surface area contributed by atoms with Crippen molar-refractivity contribution in [3.63, 3.8) is 0 Å². The molecule has 0 heterocycles. The number of amides is 1. The number of nitrogens with one attached hydrogen (secondary N) is 2. The molecule has 0 aromatic carbocycles. The molecule has 84 valence electrons. The fourth-order valence-electron chi connectivity index (χ4n) is 0.748. The van der Waals surface area contributed by atoms with Crippen LogP contribution in [-0.2, 0) is 4.79 Å². The highest BCUT2D eigenvalue weighted by Crippen LogP contribution is 1.93. The third kappa shape index (κ3) is 5.97. The van der Waals surface area contributed by atoms with Crippen LogP contribution >= 0.6 is 11.6 Å². The van der Waals surface area contributed by atoms with Crippen molar-refractivity contribution in [3.05, 3.63) is 11.8 Å². The molecule has 0 saturated heterocycles. The first kappa shape index (κ1) is 13.8. The second-order valence-electron chi connectivity index (χ2n) is 3.09. The molecule has 0 spiro atoms. The van der Waals surface area contributed by atoms with Crippen molar-refractivity contribution in [1.82, 2.24) is 10.6 Å². The molecule has 4 nitrogen and oxygen atoms in total. The average Bonchev–Trinajstić information content (AvgIpc) is 2.26. The van der Waals surface area contributed by atoms with E-state index < -0.39 is 5.91 Å². The van der Waals surface area contributed by atoms with Crippen LogP contribution in [0.5, 0.6) is 0 Å². The third-order valence-electron chi connectivity index (χ3n) is 1.87. The van der Waals surface area contributed by atoms with E-state index in [1.54, 1.807) is 0 Å². The normalized spacial score (nSPS) is 12.8. The maximum atomic E-state index is 11.3. The Bertz CT molecular complexity index is 270. The van der Waals surface area contributed by atoms with Crippen LogP contribution in [0.25, 0.3) is 0 Å². The number of rotatable bonds is 6. The summed E-state index contributed by atoms with van der Waals surface area (Å²) in [7, 11) is 0. The fraction of sp³-hybridized carbons (Fsp3) is 0.600. The van der Waals surface area contributed by atoms with Gasteiger partial charge in [0.25, 0.3) is 5.91 Å². The lowest BCUT2D eigenvalue weighted by Crippen LogP contribution is -2.28. The van der Waals surface area contributed by atoms with E-state index in [1.807, 2.05) is 19.9 Å². The second kappa shape index (κ2) is 8.13. The van der Waals surface area contributed by atoms with Crippen molar-refractivity contribution in [2.75, 3.05) is 12.4 Å². The molecule has 2 N–H and O–H groups in total. The lowest BCUT2D eigenvalue weighted by atomic mass is 10.2. The number of carbonyl (C=O) groups is 1. The van der Waals surface area contributed by atoms with Crippen molar-refractivity contribution in [2.24, 2.45) is 0 Å². The Labute approximate surface area is 95.3 Å². The fourth-order valence-corrected chi connectivity index (χ4v) is 0.843. The predicted octanol–water partition coefficient (Wildman–Crippen LogP) is 1.14. The molecule has 1 amide bonds. The molecule has 0 rings (SSSR count). The predicted molar refractivity (Wildman–Crippen MR) is 60.3 cm³/mol. The number of hydrogen-bond acceptors (Lipinski definition) is 3. The molecule has 15 heavy (non-hydrogen) atoms. The highest BCUT2D eigenvalue weighted by Gasteiger charge is 2.07. The smallest absolute Gasteiger partial charge is 0.263 e. The molecule has 0 aliphatic carbocycles. The van der Waals surface area contributed by atoms with Crippen LogP contribution in [0.15, 0.2) is 11.8 Å². The van der Waals surface area contributed by atoms with E-state index in [1.165, 1.54) is 6.20 Å². The zero-order chi connectivity index (χ0) is 11.7. The third-order valence-corrected chi connectivity index (χ3v) is 2.06. The van der Waals surface area contributed by atoms with Crippen molar-refractivity contribution in [2.45, 2.75) is 26.3 Å². The molecular weight excluding hydrogens is 214 g/mol. The Kier molecular flexibility index (Phi) is 7.47. The lowest BCUT2D eigenvalue weighted by molar-refractivity contribution is -0.117. The highest BCUT2D eigenvalue weighted by molar-refractivity contribution is 6.18. The Morgan fingerprint density at radius 1 is 1.67 bits per heavy atom. The number of alkyl halides is 1. The minimum Gasteiger partial charge on any atom is -0.387 e. The Morgan fingerprint density at radius 2 is 2.33 bits per heavy atom. The van der Waals surface area contributed by atoms with Gasteiger partial charge in [-0.15, -0.1) is 11.6 Å². The summed E-state index contributed by atoms with van der Waals surface area (Å²) >= 11 is 5.41. The minimum atomic E-state index is -0.394. The molecular formula is C10H16ClN3O. The van der Waals surface area contributed by atoms with Gasteiger partial charge in [0.2, 0.25) is 0 Å². The first-order valence-corrected chi connectivity index (χ1v) is 5.39. The molecule has 0 bridgehead atoms. The standard InChI is InChI=1S/C10H16ClN3O/c1-3-8(2)14-7-9(6-12)10(15)13-5-4-11/h7-8,14H,3-5H2,1-2H3,(H,13,15)/b9-7-. The topological polar surface area (TPSA) is 64.9 Å². The number of nitriles is 1. The monoisotopic (exact) mass is 229 g/mol. The number of carbonyl (C=O) groups excluding carboxylic acids is 1. The zero-order valence-corrected chi connectivity index (χ0v) is 9.77. The first-order valence-electron chi connectivity index (χ1n) is 4.86. The number of nitrogens with zero attached hydrogens (tertiary/aromatic N) is 1. The van der Waals surface area contributed by atoms with Gasteiger partial charge in [0, 0.05) is 24.7 Å². The lowest BCUT2D eigenvalue weighted by Gasteiger charge is -2.08. The zero-order valence-electron chi connectivity index (χ0n) is 9.01. The summed E-state index contributed by atoms with van der Waals surface area (Å²) in [5.41, 5.74) is 0.0698. The van der Waals surface area contributed by atoms with Gasteiger partial charge in [-0.1, -0.05) is 6.92 Å². The summed E-state index contributed by atoms with van der Waals surface area (Å²) in [6, 6.07) is 2.08. The molecule has 0 aliphatic heterocycles. The van der Waals surface area contributed by atoms with Gasteiger partial charge in [0.05, 0.1) is 0 Å².